The minimum Gasteiger partial charge on any atom is -0.330 e. The molecular weight excluding hydrogens is 271 g/mol. The van der Waals surface area contributed by atoms with Gasteiger partial charge in [0.2, 0.25) is 0 Å². The van der Waals surface area contributed by atoms with Crippen LogP contribution in [0.1, 0.15) is 11.3 Å². The Balaban J connectivity index is 2.44. The van der Waals surface area contributed by atoms with E-state index in [0.717, 1.165) is 35.0 Å². The average Bonchev–Trinajstić information content (AvgIpc) is 2.54. The van der Waals surface area contributed by atoms with Gasteiger partial charge in [0, 0.05) is 28.5 Å². The Morgan fingerprint density at radius 1 is 1.44 bits per heavy atom. The normalized spacial score (nSPS) is 15.4. The average molecular weight is 283 g/mol. The van der Waals surface area contributed by atoms with Gasteiger partial charge < -0.3 is 4.57 Å². The van der Waals surface area contributed by atoms with Crippen LogP contribution in [-0.2, 0) is 13.1 Å². The van der Waals surface area contributed by atoms with Crippen molar-refractivity contribution in [2.45, 2.75) is 20.0 Å². The maximum Gasteiger partial charge on any atom is 0.125 e. The van der Waals surface area contributed by atoms with E-state index in [2.05, 4.69) is 32.7 Å². The zero-order valence-corrected chi connectivity index (χ0v) is 10.6. The molecule has 0 radical (unpaired) electrons. The first kappa shape index (κ1) is 10.3. The molecule has 16 heavy (non-hydrogen) atoms. The van der Waals surface area contributed by atoms with E-state index in [-0.39, 0.29) is 5.82 Å². The number of nitrogens with zero attached hydrogens (tertiary/aromatic N) is 1. The molecule has 1 aliphatic rings. The molecule has 0 aliphatic carbocycles. The molecule has 1 N–H and O–H groups in total. The first-order valence-corrected chi connectivity index (χ1v) is 6.15. The van der Waals surface area contributed by atoms with Crippen molar-refractivity contribution in [3.05, 3.63) is 33.7 Å². The Morgan fingerprint density at radius 2 is 2.25 bits per heavy atom. The Morgan fingerprint density at radius 3 is 3.06 bits per heavy atom. The predicted octanol–water partition coefficient (Wildman–Crippen LogP) is 2.95. The number of aromatic nitrogens is 1. The van der Waals surface area contributed by atoms with Crippen molar-refractivity contribution in [2.24, 2.45) is 0 Å². The van der Waals surface area contributed by atoms with E-state index >= 15 is 0 Å². The summed E-state index contributed by atoms with van der Waals surface area (Å²) in [7, 11) is 0. The molecule has 84 valence electrons. The largest absolute Gasteiger partial charge is 0.330 e. The topological polar surface area (TPSA) is 17.0 Å². The fourth-order valence-corrected chi connectivity index (χ4v) is 3.16. The van der Waals surface area contributed by atoms with Crippen LogP contribution in [0.3, 0.4) is 0 Å². The Hall–Kier alpha value is -0.870. The molecule has 1 aromatic carbocycles. The summed E-state index contributed by atoms with van der Waals surface area (Å²) >= 11 is 3.45. The number of halogens is 2. The zero-order valence-electron chi connectivity index (χ0n) is 8.98. The smallest absolute Gasteiger partial charge is 0.125 e. The summed E-state index contributed by atoms with van der Waals surface area (Å²) in [6.07, 6.45) is 1.01. The van der Waals surface area contributed by atoms with E-state index in [1.807, 2.05) is 0 Å². The third kappa shape index (κ3) is 1.33. The van der Waals surface area contributed by atoms with Crippen molar-refractivity contribution in [1.82, 2.24) is 9.88 Å². The maximum atomic E-state index is 13.4. The van der Waals surface area contributed by atoms with Gasteiger partial charge in [-0.1, -0.05) is 0 Å². The third-order valence-corrected chi connectivity index (χ3v) is 3.87. The summed E-state index contributed by atoms with van der Waals surface area (Å²) in [5, 5.41) is 4.36. The summed E-state index contributed by atoms with van der Waals surface area (Å²) in [6, 6.07) is 3.16. The van der Waals surface area contributed by atoms with E-state index in [9.17, 15) is 4.39 Å². The highest BCUT2D eigenvalue weighted by Gasteiger charge is 2.19. The minimum absolute atomic E-state index is 0.182. The molecular formula is C12H12BrFN2. The highest BCUT2D eigenvalue weighted by atomic mass is 79.9. The molecule has 0 saturated heterocycles. The van der Waals surface area contributed by atoms with Crippen LogP contribution in [-0.4, -0.2) is 11.1 Å². The summed E-state index contributed by atoms with van der Waals surface area (Å²) in [5.74, 6) is -0.182. The van der Waals surface area contributed by atoms with Crippen LogP contribution in [0.15, 0.2) is 16.6 Å². The molecule has 0 atom stereocenters. The Labute approximate surface area is 102 Å². The van der Waals surface area contributed by atoms with E-state index in [1.165, 1.54) is 17.3 Å². The molecule has 0 amide bonds. The van der Waals surface area contributed by atoms with Crippen LogP contribution < -0.4 is 5.32 Å². The number of benzene rings is 1. The van der Waals surface area contributed by atoms with Crippen LogP contribution in [0.5, 0.6) is 0 Å². The number of nitrogens with one attached hydrogen (secondary N) is 1. The van der Waals surface area contributed by atoms with Crippen LogP contribution in [0, 0.1) is 12.7 Å². The number of rotatable bonds is 0. The number of hydrogen-bond acceptors (Lipinski definition) is 1. The van der Waals surface area contributed by atoms with E-state index in [4.69, 9.17) is 0 Å². The van der Waals surface area contributed by atoms with Gasteiger partial charge in [0.05, 0.1) is 12.2 Å². The second-order valence-electron chi connectivity index (χ2n) is 4.19. The monoisotopic (exact) mass is 282 g/mol. The standard InChI is InChI=1S/C12H12BrFN2/c1-7-9-4-8(14)5-10(13)12(9)16-6-15-3-2-11(7)16/h4-5,15H,2-3,6H2,1H3. The Kier molecular flexibility index (Phi) is 2.30. The molecule has 2 nitrogen and oxygen atoms in total. The molecule has 2 heterocycles. The van der Waals surface area contributed by atoms with Crippen molar-refractivity contribution in [3.8, 4) is 0 Å². The maximum absolute atomic E-state index is 13.4. The SMILES string of the molecule is Cc1c2n(c3c(Br)cc(F)cc13)CNCC2. The van der Waals surface area contributed by atoms with E-state index in [1.54, 1.807) is 6.07 Å². The molecule has 0 bridgehead atoms. The van der Waals surface area contributed by atoms with Crippen LogP contribution in [0.2, 0.25) is 0 Å². The van der Waals surface area contributed by atoms with Crippen molar-refractivity contribution in [3.63, 3.8) is 0 Å². The molecule has 0 fully saturated rings. The van der Waals surface area contributed by atoms with Gasteiger partial charge in [-0.2, -0.15) is 0 Å². The summed E-state index contributed by atoms with van der Waals surface area (Å²) in [6.45, 7) is 3.88. The quantitative estimate of drug-likeness (QED) is 0.786. The Bertz CT molecular complexity index is 574. The molecule has 0 saturated carbocycles. The van der Waals surface area contributed by atoms with Crippen LogP contribution in [0.4, 0.5) is 4.39 Å². The molecule has 1 aromatic heterocycles. The lowest BCUT2D eigenvalue weighted by molar-refractivity contribution is 0.504. The van der Waals surface area contributed by atoms with Gasteiger partial charge >= 0.3 is 0 Å². The summed E-state index contributed by atoms with van der Waals surface area (Å²) in [4.78, 5) is 0. The second-order valence-corrected chi connectivity index (χ2v) is 5.05. The van der Waals surface area contributed by atoms with Crippen LogP contribution >= 0.6 is 15.9 Å². The van der Waals surface area contributed by atoms with Gasteiger partial charge in [-0.25, -0.2) is 4.39 Å². The van der Waals surface area contributed by atoms with Gasteiger partial charge in [0.15, 0.2) is 0 Å². The first-order chi connectivity index (χ1) is 7.68. The molecule has 0 spiro atoms. The zero-order chi connectivity index (χ0) is 11.3. The van der Waals surface area contributed by atoms with Gasteiger partial charge in [-0.15, -0.1) is 0 Å². The fourth-order valence-electron chi connectivity index (χ4n) is 2.51. The molecule has 2 aromatic rings. The highest BCUT2D eigenvalue weighted by molar-refractivity contribution is 9.10. The van der Waals surface area contributed by atoms with E-state index in [0.29, 0.717) is 0 Å². The van der Waals surface area contributed by atoms with Crippen molar-refractivity contribution >= 4 is 26.8 Å². The van der Waals surface area contributed by atoms with Crippen molar-refractivity contribution < 1.29 is 4.39 Å². The lowest BCUT2D eigenvalue weighted by Gasteiger charge is -2.18. The number of aryl methyl sites for hydroxylation is 1. The lowest BCUT2D eigenvalue weighted by Crippen LogP contribution is -2.28. The first-order valence-electron chi connectivity index (χ1n) is 5.36. The molecule has 4 heteroatoms. The van der Waals surface area contributed by atoms with Gasteiger partial charge in [0.1, 0.15) is 5.82 Å². The highest BCUT2D eigenvalue weighted by Crippen LogP contribution is 2.33. The molecule has 0 unspecified atom stereocenters. The summed E-state index contributed by atoms with van der Waals surface area (Å²) < 4.78 is 16.5. The van der Waals surface area contributed by atoms with Gasteiger partial charge in [-0.3, -0.25) is 5.32 Å². The third-order valence-electron chi connectivity index (χ3n) is 3.27. The van der Waals surface area contributed by atoms with Crippen molar-refractivity contribution in [2.75, 3.05) is 6.54 Å². The fraction of sp³-hybridized carbons (Fsp3) is 0.333. The van der Waals surface area contributed by atoms with Gasteiger partial charge in [-0.05, 0) is 40.5 Å². The lowest BCUT2D eigenvalue weighted by atomic mass is 10.1. The van der Waals surface area contributed by atoms with Crippen LogP contribution in [0.25, 0.3) is 10.9 Å². The van der Waals surface area contributed by atoms with E-state index < -0.39 is 0 Å². The molecule has 3 rings (SSSR count). The minimum atomic E-state index is -0.182. The van der Waals surface area contributed by atoms with Crippen molar-refractivity contribution in [1.29, 1.82) is 0 Å². The molecule has 1 aliphatic heterocycles. The summed E-state index contributed by atoms with van der Waals surface area (Å²) in [5.41, 5.74) is 3.62. The predicted molar refractivity (Wildman–Crippen MR) is 66.0 cm³/mol. The number of fused-ring (bicyclic) bond motifs is 3. The number of hydrogen-bond donors (Lipinski definition) is 1. The van der Waals surface area contributed by atoms with Gasteiger partial charge in [0.25, 0.3) is 0 Å². The second kappa shape index (κ2) is 3.57.